The van der Waals surface area contributed by atoms with Crippen LogP contribution in [0.4, 0.5) is 0 Å². The van der Waals surface area contributed by atoms with Crippen LogP contribution in [0.25, 0.3) is 11.0 Å². The quantitative estimate of drug-likeness (QED) is 0.341. The molecule has 0 spiro atoms. The molecule has 0 amide bonds. The van der Waals surface area contributed by atoms with E-state index in [1.54, 1.807) is 13.2 Å². The van der Waals surface area contributed by atoms with E-state index >= 15 is 0 Å². The Morgan fingerprint density at radius 2 is 2.00 bits per heavy atom. The van der Waals surface area contributed by atoms with Crippen molar-refractivity contribution in [1.82, 2.24) is 20.8 Å². The number of guanidine groups is 1. The van der Waals surface area contributed by atoms with Crippen molar-refractivity contribution < 1.29 is 4.42 Å². The molecule has 2 heterocycles. The smallest absolute Gasteiger partial charge is 0.191 e. The van der Waals surface area contributed by atoms with E-state index in [0.717, 1.165) is 33.9 Å². The van der Waals surface area contributed by atoms with Crippen LogP contribution >= 0.6 is 24.0 Å². The fourth-order valence-electron chi connectivity index (χ4n) is 2.34. The summed E-state index contributed by atoms with van der Waals surface area (Å²) in [6.07, 6.45) is 1.73. The maximum atomic E-state index is 5.88. The molecular formula is C16H20IN5O. The summed E-state index contributed by atoms with van der Waals surface area (Å²) in [5.41, 5.74) is 3.08. The van der Waals surface area contributed by atoms with Crippen molar-refractivity contribution in [2.24, 2.45) is 4.99 Å². The minimum atomic E-state index is 0. The molecule has 0 aliphatic heterocycles. The number of aliphatic imine (C=N–C) groups is 1. The molecule has 1 aromatic carbocycles. The molecule has 23 heavy (non-hydrogen) atoms. The van der Waals surface area contributed by atoms with Crippen molar-refractivity contribution >= 4 is 40.9 Å². The zero-order chi connectivity index (χ0) is 15.4. The predicted octanol–water partition coefficient (Wildman–Crippen LogP) is 2.95. The minimum Gasteiger partial charge on any atom is -0.459 e. The molecule has 0 atom stereocenters. The number of fused-ring (bicyclic) bond motifs is 1. The van der Waals surface area contributed by atoms with Crippen molar-refractivity contribution in [3.8, 4) is 0 Å². The van der Waals surface area contributed by atoms with Gasteiger partial charge in [-0.2, -0.15) is 5.10 Å². The maximum absolute atomic E-state index is 5.88. The Kier molecular flexibility index (Phi) is 6.03. The van der Waals surface area contributed by atoms with E-state index < -0.39 is 0 Å². The summed E-state index contributed by atoms with van der Waals surface area (Å²) >= 11 is 0. The zero-order valence-corrected chi connectivity index (χ0v) is 15.4. The molecule has 0 bridgehead atoms. The molecule has 2 aromatic heterocycles. The lowest BCUT2D eigenvalue weighted by Crippen LogP contribution is -2.36. The molecule has 0 aliphatic carbocycles. The number of hydrogen-bond donors (Lipinski definition) is 3. The van der Waals surface area contributed by atoms with Crippen molar-refractivity contribution in [3.05, 3.63) is 53.5 Å². The van der Waals surface area contributed by atoms with E-state index in [1.807, 2.05) is 24.3 Å². The molecule has 0 aliphatic rings. The highest BCUT2D eigenvalue weighted by atomic mass is 127. The number of halogens is 1. The van der Waals surface area contributed by atoms with Gasteiger partial charge in [-0.05, 0) is 19.1 Å². The van der Waals surface area contributed by atoms with Crippen molar-refractivity contribution in [2.75, 3.05) is 7.05 Å². The summed E-state index contributed by atoms with van der Waals surface area (Å²) in [5, 5.41) is 14.5. The molecular weight excluding hydrogens is 405 g/mol. The SMILES string of the molecule is CN=C(NCc1ccn[nH]1)NCc1oc2ccccc2c1C.I. The maximum Gasteiger partial charge on any atom is 0.191 e. The van der Waals surface area contributed by atoms with Gasteiger partial charge in [-0.1, -0.05) is 18.2 Å². The first-order valence-electron chi connectivity index (χ1n) is 7.17. The summed E-state index contributed by atoms with van der Waals surface area (Å²) < 4.78 is 5.88. The predicted molar refractivity (Wildman–Crippen MR) is 102 cm³/mol. The fraction of sp³-hybridized carbons (Fsp3) is 0.250. The first-order valence-corrected chi connectivity index (χ1v) is 7.17. The highest BCUT2D eigenvalue weighted by Crippen LogP contribution is 2.24. The molecule has 0 unspecified atom stereocenters. The van der Waals surface area contributed by atoms with Crippen LogP contribution in [0.3, 0.4) is 0 Å². The third kappa shape index (κ3) is 4.04. The number of rotatable bonds is 4. The largest absolute Gasteiger partial charge is 0.459 e. The monoisotopic (exact) mass is 425 g/mol. The number of aryl methyl sites for hydroxylation is 1. The van der Waals surface area contributed by atoms with Gasteiger partial charge in [-0.15, -0.1) is 24.0 Å². The van der Waals surface area contributed by atoms with E-state index in [9.17, 15) is 0 Å². The van der Waals surface area contributed by atoms with Crippen molar-refractivity contribution in [2.45, 2.75) is 20.0 Å². The first-order chi connectivity index (χ1) is 10.8. The molecule has 3 N–H and O–H groups in total. The summed E-state index contributed by atoms with van der Waals surface area (Å²) in [4.78, 5) is 4.20. The third-order valence-corrected chi connectivity index (χ3v) is 3.59. The molecule has 0 radical (unpaired) electrons. The number of aromatic amines is 1. The van der Waals surface area contributed by atoms with Crippen LogP contribution in [-0.4, -0.2) is 23.2 Å². The Hall–Kier alpha value is -2.03. The van der Waals surface area contributed by atoms with Crippen LogP contribution in [0.2, 0.25) is 0 Å². The molecule has 122 valence electrons. The average Bonchev–Trinajstić information content (AvgIpc) is 3.17. The van der Waals surface area contributed by atoms with Gasteiger partial charge in [-0.25, -0.2) is 0 Å². The van der Waals surface area contributed by atoms with Crippen LogP contribution < -0.4 is 10.6 Å². The lowest BCUT2D eigenvalue weighted by atomic mass is 10.1. The molecule has 0 fully saturated rings. The van der Waals surface area contributed by atoms with Gasteiger partial charge in [0.2, 0.25) is 0 Å². The Morgan fingerprint density at radius 1 is 1.22 bits per heavy atom. The number of aromatic nitrogens is 2. The van der Waals surface area contributed by atoms with Gasteiger partial charge in [0, 0.05) is 24.2 Å². The molecule has 7 heteroatoms. The second-order valence-electron chi connectivity index (χ2n) is 5.01. The lowest BCUT2D eigenvalue weighted by molar-refractivity contribution is 0.534. The van der Waals surface area contributed by atoms with Gasteiger partial charge in [0.1, 0.15) is 11.3 Å². The molecule has 3 rings (SSSR count). The van der Waals surface area contributed by atoms with E-state index in [0.29, 0.717) is 13.1 Å². The zero-order valence-electron chi connectivity index (χ0n) is 13.1. The molecule has 0 saturated carbocycles. The molecule has 3 aromatic rings. The number of nitrogens with zero attached hydrogens (tertiary/aromatic N) is 2. The van der Waals surface area contributed by atoms with Crippen molar-refractivity contribution in [1.29, 1.82) is 0 Å². The Bertz CT molecular complexity index is 779. The summed E-state index contributed by atoms with van der Waals surface area (Å²) in [6.45, 7) is 3.30. The summed E-state index contributed by atoms with van der Waals surface area (Å²) in [6, 6.07) is 9.98. The number of benzene rings is 1. The minimum absolute atomic E-state index is 0. The number of hydrogen-bond acceptors (Lipinski definition) is 3. The average molecular weight is 425 g/mol. The molecule has 6 nitrogen and oxygen atoms in total. The van der Waals surface area contributed by atoms with E-state index in [-0.39, 0.29) is 24.0 Å². The Balaban J connectivity index is 0.00000192. The lowest BCUT2D eigenvalue weighted by Gasteiger charge is -2.10. The van der Waals surface area contributed by atoms with Crippen LogP contribution in [0.1, 0.15) is 17.0 Å². The van der Waals surface area contributed by atoms with Crippen LogP contribution in [-0.2, 0) is 13.1 Å². The molecule has 0 saturated heterocycles. The number of para-hydroxylation sites is 1. The third-order valence-electron chi connectivity index (χ3n) is 3.59. The number of nitrogens with one attached hydrogen (secondary N) is 3. The van der Waals surface area contributed by atoms with Gasteiger partial charge in [0.25, 0.3) is 0 Å². The van der Waals surface area contributed by atoms with Crippen molar-refractivity contribution in [3.63, 3.8) is 0 Å². The standard InChI is InChI=1S/C16H19N5O.HI/c1-11-13-5-3-4-6-14(13)22-15(11)10-19-16(17-2)18-9-12-7-8-20-21-12;/h3-8H,9-10H2,1-2H3,(H,20,21)(H2,17,18,19);1H. The van der Waals surface area contributed by atoms with E-state index in [4.69, 9.17) is 4.42 Å². The van der Waals surface area contributed by atoms with Gasteiger partial charge in [-0.3, -0.25) is 10.1 Å². The van der Waals surface area contributed by atoms with E-state index in [1.165, 1.54) is 0 Å². The number of H-pyrrole nitrogens is 1. The Labute approximate surface area is 151 Å². The summed E-state index contributed by atoms with van der Waals surface area (Å²) in [5.74, 6) is 1.64. The van der Waals surface area contributed by atoms with Crippen LogP contribution in [0.15, 0.2) is 45.9 Å². The van der Waals surface area contributed by atoms with Gasteiger partial charge in [0.05, 0.1) is 18.8 Å². The normalized spacial score (nSPS) is 11.3. The van der Waals surface area contributed by atoms with Crippen LogP contribution in [0.5, 0.6) is 0 Å². The van der Waals surface area contributed by atoms with Gasteiger partial charge in [0.15, 0.2) is 5.96 Å². The Morgan fingerprint density at radius 3 is 2.70 bits per heavy atom. The summed E-state index contributed by atoms with van der Waals surface area (Å²) in [7, 11) is 1.74. The topological polar surface area (TPSA) is 78.2 Å². The fourth-order valence-corrected chi connectivity index (χ4v) is 2.34. The second kappa shape index (κ2) is 8.00. The first kappa shape index (κ1) is 17.3. The van der Waals surface area contributed by atoms with E-state index in [2.05, 4.69) is 38.8 Å². The van der Waals surface area contributed by atoms with Gasteiger partial charge >= 0.3 is 0 Å². The highest BCUT2D eigenvalue weighted by molar-refractivity contribution is 14.0. The van der Waals surface area contributed by atoms with Crippen LogP contribution in [0, 0.1) is 6.92 Å². The van der Waals surface area contributed by atoms with Gasteiger partial charge < -0.3 is 15.1 Å². The number of furan rings is 1. The second-order valence-corrected chi connectivity index (χ2v) is 5.01. The highest BCUT2D eigenvalue weighted by Gasteiger charge is 2.10.